The minimum absolute atomic E-state index is 0.0733. The van der Waals surface area contributed by atoms with Crippen molar-refractivity contribution in [2.45, 2.75) is 32.9 Å². The Morgan fingerprint density at radius 1 is 1.19 bits per heavy atom. The van der Waals surface area contributed by atoms with Crippen molar-refractivity contribution < 1.29 is 19.4 Å². The lowest BCUT2D eigenvalue weighted by molar-refractivity contribution is -0.145. The molecular formula is C16H23NO4. The van der Waals surface area contributed by atoms with E-state index in [1.54, 1.807) is 14.2 Å². The summed E-state index contributed by atoms with van der Waals surface area (Å²) in [5, 5.41) is 9.44. The van der Waals surface area contributed by atoms with Crippen LogP contribution in [0.15, 0.2) is 12.1 Å². The lowest BCUT2D eigenvalue weighted by atomic mass is 9.94. The lowest BCUT2D eigenvalue weighted by Crippen LogP contribution is -2.46. The third-order valence-electron chi connectivity index (χ3n) is 4.03. The molecule has 0 bridgehead atoms. The second kappa shape index (κ2) is 6.35. The fraction of sp³-hybridized carbons (Fsp3) is 0.562. The van der Waals surface area contributed by atoms with Crippen LogP contribution in [-0.2, 0) is 17.8 Å². The molecule has 21 heavy (non-hydrogen) atoms. The maximum Gasteiger partial charge on any atom is 0.321 e. The first-order valence-corrected chi connectivity index (χ1v) is 7.18. The molecule has 0 fully saturated rings. The second-order valence-corrected chi connectivity index (χ2v) is 5.72. The van der Waals surface area contributed by atoms with Gasteiger partial charge in [-0.1, -0.05) is 13.8 Å². The molecule has 1 aromatic carbocycles. The molecule has 1 aromatic rings. The quantitative estimate of drug-likeness (QED) is 0.901. The Kier molecular flexibility index (Phi) is 4.73. The van der Waals surface area contributed by atoms with Gasteiger partial charge in [0.1, 0.15) is 6.04 Å². The van der Waals surface area contributed by atoms with E-state index >= 15 is 0 Å². The van der Waals surface area contributed by atoms with Gasteiger partial charge in [0.15, 0.2) is 11.5 Å². The Labute approximate surface area is 125 Å². The molecule has 2 rings (SSSR count). The molecule has 5 heteroatoms. The zero-order valence-electron chi connectivity index (χ0n) is 13.0. The SMILES string of the molecule is COc1cc2c(cc1OC)CN(C(C(=O)O)C(C)C)CC2. The average Bonchev–Trinajstić information content (AvgIpc) is 2.44. The number of carboxylic acids is 1. The number of methoxy groups -OCH3 is 2. The van der Waals surface area contributed by atoms with Gasteiger partial charge in [-0.15, -0.1) is 0 Å². The first-order chi connectivity index (χ1) is 9.97. The second-order valence-electron chi connectivity index (χ2n) is 5.72. The number of rotatable bonds is 5. The number of nitrogens with zero attached hydrogens (tertiary/aromatic N) is 1. The van der Waals surface area contributed by atoms with E-state index in [4.69, 9.17) is 9.47 Å². The van der Waals surface area contributed by atoms with E-state index in [9.17, 15) is 9.90 Å². The van der Waals surface area contributed by atoms with E-state index < -0.39 is 12.0 Å². The molecule has 0 spiro atoms. The van der Waals surface area contributed by atoms with Crippen LogP contribution in [0, 0.1) is 5.92 Å². The Bertz CT molecular complexity index is 527. The van der Waals surface area contributed by atoms with Crippen LogP contribution in [0.3, 0.4) is 0 Å². The third kappa shape index (κ3) is 3.13. The molecule has 0 saturated heterocycles. The van der Waals surface area contributed by atoms with Gasteiger partial charge in [-0.3, -0.25) is 9.69 Å². The average molecular weight is 293 g/mol. The fourth-order valence-electron chi connectivity index (χ4n) is 3.01. The highest BCUT2D eigenvalue weighted by Crippen LogP contribution is 2.34. The summed E-state index contributed by atoms with van der Waals surface area (Å²) in [6, 6.07) is 3.50. The summed E-state index contributed by atoms with van der Waals surface area (Å²) in [7, 11) is 3.23. The number of benzene rings is 1. The summed E-state index contributed by atoms with van der Waals surface area (Å²) in [4.78, 5) is 13.5. The Morgan fingerprint density at radius 2 is 1.76 bits per heavy atom. The van der Waals surface area contributed by atoms with Gasteiger partial charge in [0, 0.05) is 13.1 Å². The van der Waals surface area contributed by atoms with E-state index in [2.05, 4.69) is 0 Å². The van der Waals surface area contributed by atoms with Crippen LogP contribution in [-0.4, -0.2) is 42.8 Å². The van der Waals surface area contributed by atoms with E-state index in [-0.39, 0.29) is 5.92 Å². The molecule has 0 radical (unpaired) electrons. The van der Waals surface area contributed by atoms with Crippen molar-refractivity contribution in [3.63, 3.8) is 0 Å². The molecule has 116 valence electrons. The van der Waals surface area contributed by atoms with Gasteiger partial charge in [-0.05, 0) is 35.6 Å². The van der Waals surface area contributed by atoms with Crippen molar-refractivity contribution in [3.8, 4) is 11.5 Å². The molecule has 0 amide bonds. The Balaban J connectivity index is 2.29. The summed E-state index contributed by atoms with van der Waals surface area (Å²) in [6.45, 7) is 5.27. The number of carboxylic acid groups (broad SMARTS) is 1. The highest BCUT2D eigenvalue weighted by Gasteiger charge is 2.31. The highest BCUT2D eigenvalue weighted by molar-refractivity contribution is 5.73. The molecule has 0 aromatic heterocycles. The molecule has 1 heterocycles. The molecule has 1 N–H and O–H groups in total. The van der Waals surface area contributed by atoms with Gasteiger partial charge in [0.05, 0.1) is 14.2 Å². The first-order valence-electron chi connectivity index (χ1n) is 7.18. The zero-order valence-corrected chi connectivity index (χ0v) is 13.0. The van der Waals surface area contributed by atoms with Crippen molar-refractivity contribution in [1.29, 1.82) is 0 Å². The zero-order chi connectivity index (χ0) is 15.6. The summed E-state index contributed by atoms with van der Waals surface area (Å²) in [5.74, 6) is 0.732. The molecular weight excluding hydrogens is 270 g/mol. The number of hydrogen-bond acceptors (Lipinski definition) is 4. The van der Waals surface area contributed by atoms with Crippen LogP contribution in [0.25, 0.3) is 0 Å². The van der Waals surface area contributed by atoms with Gasteiger partial charge in [-0.2, -0.15) is 0 Å². The predicted molar refractivity (Wildman–Crippen MR) is 79.9 cm³/mol. The molecule has 0 aliphatic carbocycles. The molecule has 1 aliphatic heterocycles. The van der Waals surface area contributed by atoms with Crippen LogP contribution in [0.2, 0.25) is 0 Å². The van der Waals surface area contributed by atoms with Crippen molar-refractivity contribution in [2.75, 3.05) is 20.8 Å². The van der Waals surface area contributed by atoms with Crippen LogP contribution in [0.1, 0.15) is 25.0 Å². The normalized spacial score (nSPS) is 16.4. The standard InChI is InChI=1S/C16H23NO4/c1-10(2)15(16(18)19)17-6-5-11-7-13(20-3)14(21-4)8-12(11)9-17/h7-8,10,15H,5-6,9H2,1-4H3,(H,18,19). The summed E-state index contributed by atoms with van der Waals surface area (Å²) in [5.41, 5.74) is 2.32. The number of carbonyl (C=O) groups is 1. The van der Waals surface area contributed by atoms with Gasteiger partial charge < -0.3 is 14.6 Å². The number of aliphatic carboxylic acids is 1. The molecule has 5 nitrogen and oxygen atoms in total. The van der Waals surface area contributed by atoms with Crippen LogP contribution >= 0.6 is 0 Å². The van der Waals surface area contributed by atoms with E-state index in [0.717, 1.165) is 24.3 Å². The van der Waals surface area contributed by atoms with Gasteiger partial charge in [0.2, 0.25) is 0 Å². The van der Waals surface area contributed by atoms with E-state index in [1.807, 2.05) is 30.9 Å². The van der Waals surface area contributed by atoms with Crippen LogP contribution < -0.4 is 9.47 Å². The number of fused-ring (bicyclic) bond motifs is 1. The largest absolute Gasteiger partial charge is 0.493 e. The van der Waals surface area contributed by atoms with Crippen molar-refractivity contribution >= 4 is 5.97 Å². The minimum Gasteiger partial charge on any atom is -0.493 e. The van der Waals surface area contributed by atoms with Crippen molar-refractivity contribution in [3.05, 3.63) is 23.3 Å². The lowest BCUT2D eigenvalue weighted by Gasteiger charge is -2.35. The topological polar surface area (TPSA) is 59.0 Å². The van der Waals surface area contributed by atoms with E-state index in [1.165, 1.54) is 5.56 Å². The van der Waals surface area contributed by atoms with Gasteiger partial charge in [0.25, 0.3) is 0 Å². The Morgan fingerprint density at radius 3 is 2.24 bits per heavy atom. The number of ether oxygens (including phenoxy) is 2. The van der Waals surface area contributed by atoms with Crippen molar-refractivity contribution in [2.24, 2.45) is 5.92 Å². The van der Waals surface area contributed by atoms with Gasteiger partial charge >= 0.3 is 5.97 Å². The monoisotopic (exact) mass is 293 g/mol. The van der Waals surface area contributed by atoms with Crippen LogP contribution in [0.5, 0.6) is 11.5 Å². The van der Waals surface area contributed by atoms with Gasteiger partial charge in [-0.25, -0.2) is 0 Å². The predicted octanol–water partition coefficient (Wildman–Crippen LogP) is 2.17. The third-order valence-corrected chi connectivity index (χ3v) is 4.03. The molecule has 1 aliphatic rings. The highest BCUT2D eigenvalue weighted by atomic mass is 16.5. The van der Waals surface area contributed by atoms with Crippen LogP contribution in [0.4, 0.5) is 0 Å². The number of hydrogen-bond donors (Lipinski definition) is 1. The maximum absolute atomic E-state index is 11.5. The molecule has 1 atom stereocenters. The maximum atomic E-state index is 11.5. The van der Waals surface area contributed by atoms with E-state index in [0.29, 0.717) is 12.3 Å². The smallest absolute Gasteiger partial charge is 0.321 e. The summed E-state index contributed by atoms with van der Waals surface area (Å²) >= 11 is 0. The first kappa shape index (κ1) is 15.6. The fourth-order valence-corrected chi connectivity index (χ4v) is 3.01. The summed E-state index contributed by atoms with van der Waals surface area (Å²) < 4.78 is 10.7. The summed E-state index contributed by atoms with van der Waals surface area (Å²) in [6.07, 6.45) is 0.826. The minimum atomic E-state index is -0.756. The van der Waals surface area contributed by atoms with Crippen molar-refractivity contribution in [1.82, 2.24) is 4.90 Å². The molecule has 0 saturated carbocycles. The Hall–Kier alpha value is -1.75. The molecule has 1 unspecified atom stereocenters.